The number of esters is 1. The van der Waals surface area contributed by atoms with Gasteiger partial charge in [0.05, 0.1) is 7.11 Å². The van der Waals surface area contributed by atoms with Crippen LogP contribution in [0.1, 0.15) is 5.89 Å². The monoisotopic (exact) mass is 222 g/mol. The van der Waals surface area contributed by atoms with Gasteiger partial charge in [-0.2, -0.15) is 10.1 Å². The summed E-state index contributed by atoms with van der Waals surface area (Å²) in [6, 6.07) is 1.76. The molecule has 0 fully saturated rings. The van der Waals surface area contributed by atoms with Crippen LogP contribution in [-0.2, 0) is 23.0 Å². The summed E-state index contributed by atoms with van der Waals surface area (Å²) in [6.07, 6.45) is 1.74. The fraction of sp³-hybridized carbons (Fsp3) is 0.333. The predicted molar refractivity (Wildman–Crippen MR) is 52.2 cm³/mol. The van der Waals surface area contributed by atoms with E-state index in [1.54, 1.807) is 24.0 Å². The lowest BCUT2D eigenvalue weighted by Crippen LogP contribution is -2.04. The highest BCUT2D eigenvalue weighted by Crippen LogP contribution is 2.12. The van der Waals surface area contributed by atoms with Crippen LogP contribution in [0.5, 0.6) is 0 Å². The normalized spacial score (nSPS) is 10.4. The Morgan fingerprint density at radius 1 is 1.62 bits per heavy atom. The molecule has 0 amide bonds. The Morgan fingerprint density at radius 3 is 3.06 bits per heavy atom. The van der Waals surface area contributed by atoms with Crippen molar-refractivity contribution < 1.29 is 14.1 Å². The highest BCUT2D eigenvalue weighted by molar-refractivity contribution is 5.71. The van der Waals surface area contributed by atoms with E-state index in [2.05, 4.69) is 20.0 Å². The lowest BCUT2D eigenvalue weighted by molar-refractivity contribution is -0.140. The van der Waals surface area contributed by atoms with Crippen LogP contribution in [0.25, 0.3) is 11.5 Å². The smallest absolute Gasteiger partial charge is 0.315 e. The Bertz CT molecular complexity index is 502. The number of nitrogens with zero attached hydrogens (tertiary/aromatic N) is 4. The highest BCUT2D eigenvalue weighted by atomic mass is 16.5. The van der Waals surface area contributed by atoms with Crippen molar-refractivity contribution in [3.8, 4) is 11.5 Å². The van der Waals surface area contributed by atoms with Crippen LogP contribution < -0.4 is 0 Å². The third kappa shape index (κ3) is 2.08. The van der Waals surface area contributed by atoms with Gasteiger partial charge in [0.1, 0.15) is 12.1 Å². The average molecular weight is 222 g/mol. The minimum Gasteiger partial charge on any atom is -0.469 e. The van der Waals surface area contributed by atoms with Crippen LogP contribution in [0.2, 0.25) is 0 Å². The highest BCUT2D eigenvalue weighted by Gasteiger charge is 2.13. The quantitative estimate of drug-likeness (QED) is 0.689. The van der Waals surface area contributed by atoms with Gasteiger partial charge in [-0.1, -0.05) is 5.16 Å². The van der Waals surface area contributed by atoms with E-state index in [9.17, 15) is 4.79 Å². The first kappa shape index (κ1) is 10.3. The third-order valence-electron chi connectivity index (χ3n) is 1.93. The Kier molecular flexibility index (Phi) is 2.67. The van der Waals surface area contributed by atoms with Gasteiger partial charge in [-0.25, -0.2) is 0 Å². The lowest BCUT2D eigenvalue weighted by Gasteiger charge is -1.91. The summed E-state index contributed by atoms with van der Waals surface area (Å²) in [7, 11) is 3.09. The third-order valence-corrected chi connectivity index (χ3v) is 1.93. The fourth-order valence-electron chi connectivity index (χ4n) is 1.16. The van der Waals surface area contributed by atoms with Crippen molar-refractivity contribution in [2.24, 2.45) is 7.05 Å². The topological polar surface area (TPSA) is 83.0 Å². The molecule has 0 spiro atoms. The first-order valence-electron chi connectivity index (χ1n) is 4.58. The molecule has 16 heavy (non-hydrogen) atoms. The molecule has 0 N–H and O–H groups in total. The van der Waals surface area contributed by atoms with E-state index < -0.39 is 5.97 Å². The molecule has 0 bridgehead atoms. The largest absolute Gasteiger partial charge is 0.469 e. The Labute approximate surface area is 91.0 Å². The molecular formula is C9H10N4O3. The average Bonchev–Trinajstić information content (AvgIpc) is 2.87. The van der Waals surface area contributed by atoms with Crippen LogP contribution in [0, 0.1) is 0 Å². The molecule has 0 radical (unpaired) electrons. The summed E-state index contributed by atoms with van der Waals surface area (Å²) in [4.78, 5) is 15.0. The van der Waals surface area contributed by atoms with Gasteiger partial charge in [0, 0.05) is 13.2 Å². The van der Waals surface area contributed by atoms with E-state index in [1.165, 1.54) is 7.11 Å². The van der Waals surface area contributed by atoms with Crippen LogP contribution in [0.4, 0.5) is 0 Å². The summed E-state index contributed by atoms with van der Waals surface area (Å²) in [6.45, 7) is 0. The van der Waals surface area contributed by atoms with E-state index in [-0.39, 0.29) is 12.3 Å². The van der Waals surface area contributed by atoms with Gasteiger partial charge in [0.15, 0.2) is 0 Å². The van der Waals surface area contributed by atoms with Crippen molar-refractivity contribution in [2.75, 3.05) is 7.11 Å². The van der Waals surface area contributed by atoms with Gasteiger partial charge in [0.2, 0.25) is 11.7 Å². The van der Waals surface area contributed by atoms with Gasteiger partial charge < -0.3 is 9.26 Å². The van der Waals surface area contributed by atoms with Crippen molar-refractivity contribution >= 4 is 5.97 Å². The number of hydrogen-bond donors (Lipinski definition) is 0. The van der Waals surface area contributed by atoms with Crippen LogP contribution in [0.15, 0.2) is 16.8 Å². The van der Waals surface area contributed by atoms with Crippen LogP contribution >= 0.6 is 0 Å². The molecule has 0 aromatic carbocycles. The zero-order valence-electron chi connectivity index (χ0n) is 8.88. The molecule has 2 rings (SSSR count). The lowest BCUT2D eigenvalue weighted by atomic mass is 10.4. The zero-order chi connectivity index (χ0) is 11.5. The molecular weight excluding hydrogens is 212 g/mol. The first-order chi connectivity index (χ1) is 7.69. The number of aryl methyl sites for hydroxylation is 1. The van der Waals surface area contributed by atoms with Crippen molar-refractivity contribution in [1.82, 2.24) is 19.9 Å². The van der Waals surface area contributed by atoms with E-state index in [0.29, 0.717) is 11.5 Å². The standard InChI is InChI=1S/C9H10N4O3/c1-13-4-3-6(11-13)9-10-7(16-12-9)5-8(14)15-2/h3-4H,5H2,1-2H3. The number of carbonyl (C=O) groups is 1. The molecule has 84 valence electrons. The molecule has 2 aromatic heterocycles. The summed E-state index contributed by atoms with van der Waals surface area (Å²) >= 11 is 0. The second-order valence-corrected chi connectivity index (χ2v) is 3.14. The summed E-state index contributed by atoms with van der Waals surface area (Å²) < 4.78 is 11.0. The first-order valence-corrected chi connectivity index (χ1v) is 4.58. The van der Waals surface area contributed by atoms with Gasteiger partial charge in [0.25, 0.3) is 0 Å². The summed E-state index contributed by atoms with van der Waals surface area (Å²) in [5, 5.41) is 7.83. The summed E-state index contributed by atoms with van der Waals surface area (Å²) in [5.74, 6) is 0.156. The second-order valence-electron chi connectivity index (χ2n) is 3.14. The molecule has 7 nitrogen and oxygen atoms in total. The maximum atomic E-state index is 11.0. The maximum Gasteiger partial charge on any atom is 0.315 e. The second kappa shape index (κ2) is 4.13. The molecule has 0 atom stereocenters. The number of ether oxygens (including phenoxy) is 1. The number of rotatable bonds is 3. The molecule has 7 heteroatoms. The predicted octanol–water partition coefficient (Wildman–Crippen LogP) is 0.186. The van der Waals surface area contributed by atoms with E-state index in [0.717, 1.165) is 0 Å². The maximum absolute atomic E-state index is 11.0. The van der Waals surface area contributed by atoms with E-state index in [4.69, 9.17) is 4.52 Å². The van der Waals surface area contributed by atoms with Gasteiger partial charge in [-0.05, 0) is 6.07 Å². The molecule has 0 aliphatic rings. The number of carbonyl (C=O) groups excluding carboxylic acids is 1. The minimum absolute atomic E-state index is 0.0314. The molecule has 0 aliphatic heterocycles. The van der Waals surface area contributed by atoms with E-state index in [1.807, 2.05) is 0 Å². The molecule has 0 aliphatic carbocycles. The Hall–Kier alpha value is -2.18. The fourth-order valence-corrected chi connectivity index (χ4v) is 1.16. The van der Waals surface area contributed by atoms with Gasteiger partial charge >= 0.3 is 5.97 Å². The van der Waals surface area contributed by atoms with E-state index >= 15 is 0 Å². The van der Waals surface area contributed by atoms with Gasteiger partial charge in [-0.3, -0.25) is 9.48 Å². The zero-order valence-corrected chi connectivity index (χ0v) is 8.88. The van der Waals surface area contributed by atoms with Crippen LogP contribution in [0.3, 0.4) is 0 Å². The Morgan fingerprint density at radius 2 is 2.44 bits per heavy atom. The number of aromatic nitrogens is 4. The molecule has 0 saturated heterocycles. The number of hydrogen-bond acceptors (Lipinski definition) is 6. The molecule has 0 saturated carbocycles. The van der Waals surface area contributed by atoms with Gasteiger partial charge in [-0.15, -0.1) is 0 Å². The molecule has 2 heterocycles. The number of methoxy groups -OCH3 is 1. The van der Waals surface area contributed by atoms with Crippen molar-refractivity contribution in [1.29, 1.82) is 0 Å². The SMILES string of the molecule is COC(=O)Cc1nc(-c2ccn(C)n2)no1. The van der Waals surface area contributed by atoms with Crippen LogP contribution in [-0.4, -0.2) is 33.0 Å². The summed E-state index contributed by atoms with van der Waals surface area (Å²) in [5.41, 5.74) is 0.599. The van der Waals surface area contributed by atoms with Crippen molar-refractivity contribution in [3.63, 3.8) is 0 Å². The van der Waals surface area contributed by atoms with Crippen molar-refractivity contribution in [3.05, 3.63) is 18.2 Å². The van der Waals surface area contributed by atoms with Crippen molar-refractivity contribution in [2.45, 2.75) is 6.42 Å². The Balaban J connectivity index is 2.16. The molecule has 2 aromatic rings. The molecule has 0 unspecified atom stereocenters. The minimum atomic E-state index is -0.420.